The Kier molecular flexibility index (Phi) is 5.56. The van der Waals surface area contributed by atoms with Crippen LogP contribution in [0.3, 0.4) is 0 Å². The molecule has 0 aliphatic rings. The minimum Gasteiger partial charge on any atom is -0.466 e. The highest BCUT2D eigenvalue weighted by atomic mass is 16.5. The third-order valence-corrected chi connectivity index (χ3v) is 5.08. The number of furan rings is 2. The molecule has 0 radical (unpaired) electrons. The van der Waals surface area contributed by atoms with E-state index < -0.39 is 11.9 Å². The number of methoxy groups -OCH3 is 1. The molecule has 0 saturated heterocycles. The Bertz CT molecular complexity index is 1310. The van der Waals surface area contributed by atoms with Crippen LogP contribution in [0, 0.1) is 13.8 Å². The van der Waals surface area contributed by atoms with Crippen molar-refractivity contribution in [3.8, 4) is 11.3 Å². The summed E-state index contributed by atoms with van der Waals surface area (Å²) in [5, 5.41) is 4.97. The van der Waals surface area contributed by atoms with Gasteiger partial charge in [-0.25, -0.2) is 19.3 Å². The average molecular weight is 437 g/mol. The van der Waals surface area contributed by atoms with Gasteiger partial charge in [-0.2, -0.15) is 5.10 Å². The van der Waals surface area contributed by atoms with E-state index in [0.29, 0.717) is 28.1 Å². The van der Waals surface area contributed by atoms with E-state index in [1.54, 1.807) is 16.9 Å². The predicted molar refractivity (Wildman–Crippen MR) is 114 cm³/mol. The number of nitrogens with zero attached hydrogens (tertiary/aromatic N) is 3. The van der Waals surface area contributed by atoms with Crippen molar-refractivity contribution in [3.05, 3.63) is 59.1 Å². The SMILES string of the molecule is COC(=O)c1ccoc1COC(=O)c1cc(-c2cc(C)oc2C)nc2c1cnn2C(C)C. The Morgan fingerprint density at radius 1 is 1.16 bits per heavy atom. The number of fused-ring (bicyclic) bond motifs is 1. The first kappa shape index (κ1) is 21.4. The van der Waals surface area contributed by atoms with Gasteiger partial charge >= 0.3 is 11.9 Å². The quantitative estimate of drug-likeness (QED) is 0.402. The van der Waals surface area contributed by atoms with E-state index in [1.165, 1.54) is 19.4 Å². The summed E-state index contributed by atoms with van der Waals surface area (Å²) >= 11 is 0. The van der Waals surface area contributed by atoms with E-state index in [1.807, 2.05) is 33.8 Å². The van der Waals surface area contributed by atoms with E-state index >= 15 is 0 Å². The monoisotopic (exact) mass is 437 g/mol. The molecule has 4 aromatic heterocycles. The first-order chi connectivity index (χ1) is 15.3. The third-order valence-electron chi connectivity index (χ3n) is 5.08. The second kappa shape index (κ2) is 8.33. The molecule has 0 unspecified atom stereocenters. The molecule has 0 spiro atoms. The Balaban J connectivity index is 1.74. The lowest BCUT2D eigenvalue weighted by atomic mass is 10.1. The number of carbonyl (C=O) groups excluding carboxylic acids is 2. The maximum atomic E-state index is 13.1. The zero-order valence-corrected chi connectivity index (χ0v) is 18.5. The number of hydrogen-bond acceptors (Lipinski definition) is 8. The lowest BCUT2D eigenvalue weighted by molar-refractivity contribution is 0.0434. The topological polar surface area (TPSA) is 110 Å². The summed E-state index contributed by atoms with van der Waals surface area (Å²) in [6, 6.07) is 5.05. The smallest absolute Gasteiger partial charge is 0.341 e. The molecule has 9 heteroatoms. The highest BCUT2D eigenvalue weighted by molar-refractivity contribution is 6.04. The molecule has 0 amide bonds. The fourth-order valence-corrected chi connectivity index (χ4v) is 3.54. The highest BCUT2D eigenvalue weighted by Gasteiger charge is 2.23. The number of rotatable bonds is 6. The van der Waals surface area contributed by atoms with Gasteiger partial charge in [0.05, 0.1) is 36.2 Å². The Hall–Kier alpha value is -3.88. The number of hydrogen-bond donors (Lipinski definition) is 0. The first-order valence-electron chi connectivity index (χ1n) is 10.1. The van der Waals surface area contributed by atoms with Crippen LogP contribution in [-0.2, 0) is 16.1 Å². The standard InChI is InChI=1S/C23H23N3O6/c1-12(2)26-21-18(10-24-26)17(9-19(25-21)16-8-13(3)32-14(16)4)23(28)31-11-20-15(6-7-30-20)22(27)29-5/h6-10,12H,11H2,1-5H3. The summed E-state index contributed by atoms with van der Waals surface area (Å²) in [6.45, 7) is 7.44. The van der Waals surface area contributed by atoms with Crippen molar-refractivity contribution >= 4 is 23.0 Å². The van der Waals surface area contributed by atoms with Crippen LogP contribution in [0.1, 0.15) is 57.9 Å². The fraction of sp³-hybridized carbons (Fsp3) is 0.304. The third kappa shape index (κ3) is 3.77. The fourth-order valence-electron chi connectivity index (χ4n) is 3.54. The maximum Gasteiger partial charge on any atom is 0.341 e. The molecular weight excluding hydrogens is 414 g/mol. The first-order valence-corrected chi connectivity index (χ1v) is 10.1. The van der Waals surface area contributed by atoms with E-state index in [9.17, 15) is 9.59 Å². The van der Waals surface area contributed by atoms with Gasteiger partial charge < -0.3 is 18.3 Å². The van der Waals surface area contributed by atoms with E-state index in [2.05, 4.69) is 5.10 Å². The lowest BCUT2D eigenvalue weighted by Gasteiger charge is -2.10. The lowest BCUT2D eigenvalue weighted by Crippen LogP contribution is -2.10. The summed E-state index contributed by atoms with van der Waals surface area (Å²) in [4.78, 5) is 29.7. The minimum atomic E-state index is -0.591. The van der Waals surface area contributed by atoms with Crippen molar-refractivity contribution in [2.75, 3.05) is 7.11 Å². The van der Waals surface area contributed by atoms with Gasteiger partial charge in [0.2, 0.25) is 0 Å². The van der Waals surface area contributed by atoms with Crippen LogP contribution in [0.4, 0.5) is 0 Å². The molecule has 166 valence electrons. The van der Waals surface area contributed by atoms with Crippen LogP contribution in [0.2, 0.25) is 0 Å². The van der Waals surface area contributed by atoms with E-state index in [-0.39, 0.29) is 24.0 Å². The van der Waals surface area contributed by atoms with Crippen LogP contribution in [0.5, 0.6) is 0 Å². The zero-order valence-electron chi connectivity index (χ0n) is 18.5. The van der Waals surface area contributed by atoms with Crippen molar-refractivity contribution in [1.82, 2.24) is 14.8 Å². The molecule has 4 rings (SSSR count). The second-order valence-electron chi connectivity index (χ2n) is 7.63. The molecule has 0 saturated carbocycles. The van der Waals surface area contributed by atoms with Crippen LogP contribution in [-0.4, -0.2) is 33.8 Å². The second-order valence-corrected chi connectivity index (χ2v) is 7.63. The van der Waals surface area contributed by atoms with Crippen LogP contribution >= 0.6 is 0 Å². The van der Waals surface area contributed by atoms with E-state index in [0.717, 1.165) is 11.3 Å². The number of esters is 2. The molecule has 32 heavy (non-hydrogen) atoms. The van der Waals surface area contributed by atoms with Crippen molar-refractivity contribution < 1.29 is 27.9 Å². The molecular formula is C23H23N3O6. The van der Waals surface area contributed by atoms with Crippen LogP contribution in [0.25, 0.3) is 22.3 Å². The number of aryl methyl sites for hydroxylation is 2. The molecule has 0 fully saturated rings. The Labute approximate surface area is 183 Å². The Morgan fingerprint density at radius 3 is 2.59 bits per heavy atom. The van der Waals surface area contributed by atoms with E-state index in [4.69, 9.17) is 23.3 Å². The van der Waals surface area contributed by atoms with Gasteiger partial charge in [-0.05, 0) is 45.9 Å². The summed E-state index contributed by atoms with van der Waals surface area (Å²) in [5.74, 6) is 0.487. The zero-order chi connectivity index (χ0) is 23.0. The average Bonchev–Trinajstić information content (AvgIpc) is 3.48. The predicted octanol–water partition coefficient (Wildman–Crippen LogP) is 4.63. The normalized spacial score (nSPS) is 11.3. The largest absolute Gasteiger partial charge is 0.466 e. The molecule has 0 bridgehead atoms. The van der Waals surface area contributed by atoms with Gasteiger partial charge in [-0.15, -0.1) is 0 Å². The molecule has 4 heterocycles. The minimum absolute atomic E-state index is 0.0389. The Morgan fingerprint density at radius 2 is 1.94 bits per heavy atom. The van der Waals surface area contributed by atoms with Crippen molar-refractivity contribution in [2.24, 2.45) is 0 Å². The number of carbonyl (C=O) groups is 2. The number of pyridine rings is 1. The number of aromatic nitrogens is 3. The molecule has 0 aliphatic heterocycles. The van der Waals surface area contributed by atoms with Gasteiger partial charge in [-0.1, -0.05) is 0 Å². The van der Waals surface area contributed by atoms with Gasteiger partial charge in [0.1, 0.15) is 17.1 Å². The molecule has 4 aromatic rings. The molecule has 9 nitrogen and oxygen atoms in total. The molecule has 0 atom stereocenters. The summed E-state index contributed by atoms with van der Waals surface area (Å²) in [7, 11) is 1.27. The van der Waals surface area contributed by atoms with Crippen molar-refractivity contribution in [1.29, 1.82) is 0 Å². The van der Waals surface area contributed by atoms with Crippen molar-refractivity contribution in [2.45, 2.75) is 40.3 Å². The summed E-state index contributed by atoms with van der Waals surface area (Å²) in [5.41, 5.74) is 2.44. The molecule has 0 aliphatic carbocycles. The number of ether oxygens (including phenoxy) is 2. The maximum absolute atomic E-state index is 13.1. The van der Waals surface area contributed by atoms with Gasteiger partial charge in [0.15, 0.2) is 18.0 Å². The molecule has 0 N–H and O–H groups in total. The molecule has 0 aromatic carbocycles. The van der Waals surface area contributed by atoms with Gasteiger partial charge in [-0.3, -0.25) is 0 Å². The summed E-state index contributed by atoms with van der Waals surface area (Å²) < 4.78 is 22.9. The van der Waals surface area contributed by atoms with Crippen LogP contribution < -0.4 is 0 Å². The van der Waals surface area contributed by atoms with Gasteiger partial charge in [0.25, 0.3) is 0 Å². The summed E-state index contributed by atoms with van der Waals surface area (Å²) in [6.07, 6.45) is 2.94. The van der Waals surface area contributed by atoms with Crippen molar-refractivity contribution in [3.63, 3.8) is 0 Å². The highest BCUT2D eigenvalue weighted by Crippen LogP contribution is 2.30. The van der Waals surface area contributed by atoms with Crippen LogP contribution in [0.15, 0.2) is 39.5 Å². The van der Waals surface area contributed by atoms with Gasteiger partial charge in [0, 0.05) is 11.6 Å².